The van der Waals surface area contributed by atoms with Crippen LogP contribution in [0.3, 0.4) is 0 Å². The molecule has 20 heavy (non-hydrogen) atoms. The van der Waals surface area contributed by atoms with Crippen molar-refractivity contribution >= 4 is 40.0 Å². The summed E-state index contributed by atoms with van der Waals surface area (Å²) in [5.74, 6) is -0.341. The van der Waals surface area contributed by atoms with E-state index in [1.54, 1.807) is 12.1 Å². The third-order valence-electron chi connectivity index (χ3n) is 2.51. The summed E-state index contributed by atoms with van der Waals surface area (Å²) < 4.78 is 5.31. The molecule has 2 aromatic rings. The molecule has 0 saturated carbocycles. The highest BCUT2D eigenvalue weighted by Crippen LogP contribution is 2.21. The molecule has 0 radical (unpaired) electrons. The minimum Gasteiger partial charge on any atom is -0.465 e. The van der Waals surface area contributed by atoms with Gasteiger partial charge < -0.3 is 10.1 Å². The second-order valence-electron chi connectivity index (χ2n) is 3.90. The Balaban J connectivity index is 1.96. The van der Waals surface area contributed by atoms with Crippen molar-refractivity contribution in [2.24, 2.45) is 0 Å². The van der Waals surface area contributed by atoms with E-state index < -0.39 is 0 Å². The molecule has 0 spiro atoms. The number of hydrogen-bond acceptors (Lipinski definition) is 4. The molecule has 0 unspecified atom stereocenters. The number of nitrogens with one attached hydrogen (secondary N) is 1. The average Bonchev–Trinajstić information content (AvgIpc) is 2.48. The molecule has 5 heteroatoms. The first-order chi connectivity index (χ1) is 9.69. The summed E-state index contributed by atoms with van der Waals surface area (Å²) in [5, 5.41) is 3.14. The van der Waals surface area contributed by atoms with Crippen LogP contribution in [0.2, 0.25) is 0 Å². The van der Waals surface area contributed by atoms with Gasteiger partial charge in [0.25, 0.3) is 0 Å². The van der Waals surface area contributed by atoms with Crippen LogP contribution in [0.4, 0.5) is 5.69 Å². The molecule has 0 heterocycles. The Morgan fingerprint density at radius 3 is 2.35 bits per heavy atom. The number of esters is 1. The molecule has 0 atom stereocenters. The summed E-state index contributed by atoms with van der Waals surface area (Å²) in [6.45, 7) is 0. The van der Waals surface area contributed by atoms with E-state index in [9.17, 15) is 4.79 Å². The van der Waals surface area contributed by atoms with Crippen molar-refractivity contribution in [1.82, 2.24) is 0 Å². The largest absolute Gasteiger partial charge is 0.465 e. The highest BCUT2D eigenvalue weighted by molar-refractivity contribution is 8.23. The summed E-state index contributed by atoms with van der Waals surface area (Å²) >= 11 is 6.72. The second kappa shape index (κ2) is 7.07. The molecule has 0 amide bonds. The molecular weight excluding hydrogens is 290 g/mol. The van der Waals surface area contributed by atoms with Crippen molar-refractivity contribution in [3.05, 3.63) is 60.2 Å². The summed E-state index contributed by atoms with van der Waals surface area (Å²) in [6, 6.07) is 16.9. The average molecular weight is 303 g/mol. The molecule has 0 fully saturated rings. The highest BCUT2D eigenvalue weighted by atomic mass is 32.2. The molecule has 2 aromatic carbocycles. The van der Waals surface area contributed by atoms with E-state index in [1.807, 2.05) is 42.5 Å². The Hall–Kier alpha value is -1.85. The van der Waals surface area contributed by atoms with Crippen molar-refractivity contribution < 1.29 is 9.53 Å². The van der Waals surface area contributed by atoms with Gasteiger partial charge in [-0.2, -0.15) is 0 Å². The molecule has 102 valence electrons. The van der Waals surface area contributed by atoms with E-state index in [0.717, 1.165) is 10.6 Å². The fourth-order valence-electron chi connectivity index (χ4n) is 1.55. The first-order valence-electron chi connectivity index (χ1n) is 5.91. The zero-order valence-electron chi connectivity index (χ0n) is 10.8. The lowest BCUT2D eigenvalue weighted by molar-refractivity contribution is 0.0600. The van der Waals surface area contributed by atoms with E-state index in [-0.39, 0.29) is 5.97 Å². The van der Waals surface area contributed by atoms with Gasteiger partial charge in [0.1, 0.15) is 4.32 Å². The van der Waals surface area contributed by atoms with E-state index in [2.05, 4.69) is 10.1 Å². The van der Waals surface area contributed by atoms with Gasteiger partial charge in [0.15, 0.2) is 0 Å². The summed E-state index contributed by atoms with van der Waals surface area (Å²) in [4.78, 5) is 12.3. The lowest BCUT2D eigenvalue weighted by Crippen LogP contribution is -2.04. The number of carbonyl (C=O) groups excluding carboxylic acids is 1. The van der Waals surface area contributed by atoms with Gasteiger partial charge >= 0.3 is 5.97 Å². The smallest absolute Gasteiger partial charge is 0.337 e. The zero-order valence-corrected chi connectivity index (χ0v) is 12.5. The molecule has 2 rings (SSSR count). The number of anilines is 1. The Morgan fingerprint density at radius 1 is 1.10 bits per heavy atom. The Morgan fingerprint density at radius 2 is 1.75 bits per heavy atom. The van der Waals surface area contributed by atoms with Crippen LogP contribution in [0.25, 0.3) is 0 Å². The molecule has 1 N–H and O–H groups in total. The standard InChI is InChI=1S/C15H13NO2S2/c1-18-14(17)11-7-9-13(10-8-11)20-15(19)16-12-5-3-2-4-6-12/h2-10H,1H3,(H,16,19). The first kappa shape index (κ1) is 14.6. The number of ether oxygens (including phenoxy) is 1. The number of carbonyl (C=O) groups is 1. The molecular formula is C15H13NO2S2. The summed E-state index contributed by atoms with van der Waals surface area (Å²) in [6.07, 6.45) is 0. The number of rotatable bonds is 3. The maximum absolute atomic E-state index is 11.3. The zero-order chi connectivity index (χ0) is 14.4. The quantitative estimate of drug-likeness (QED) is 0.528. The van der Waals surface area contributed by atoms with Gasteiger partial charge in [-0.15, -0.1) is 0 Å². The van der Waals surface area contributed by atoms with Gasteiger partial charge in [0.2, 0.25) is 0 Å². The number of para-hydroxylation sites is 1. The van der Waals surface area contributed by atoms with Crippen LogP contribution >= 0.6 is 24.0 Å². The third-order valence-corrected chi connectivity index (χ3v) is 3.65. The predicted molar refractivity (Wildman–Crippen MR) is 86.3 cm³/mol. The summed E-state index contributed by atoms with van der Waals surface area (Å²) in [5.41, 5.74) is 1.48. The number of thioether (sulfide) groups is 1. The van der Waals surface area contributed by atoms with Crippen LogP contribution in [-0.2, 0) is 4.74 Å². The molecule has 0 aromatic heterocycles. The van der Waals surface area contributed by atoms with Crippen LogP contribution in [0.15, 0.2) is 59.5 Å². The van der Waals surface area contributed by atoms with Crippen molar-refractivity contribution in [3.8, 4) is 0 Å². The molecule has 3 nitrogen and oxygen atoms in total. The molecule has 0 aliphatic carbocycles. The number of benzene rings is 2. The fourth-order valence-corrected chi connectivity index (χ4v) is 2.61. The molecule has 0 saturated heterocycles. The molecule has 0 aliphatic rings. The SMILES string of the molecule is COC(=O)c1ccc(SC(=S)Nc2ccccc2)cc1. The minimum absolute atomic E-state index is 0.341. The van der Waals surface area contributed by atoms with Gasteiger partial charge in [-0.3, -0.25) is 0 Å². The number of methoxy groups -OCH3 is 1. The van der Waals surface area contributed by atoms with Crippen LogP contribution < -0.4 is 5.32 Å². The van der Waals surface area contributed by atoms with Crippen LogP contribution in [-0.4, -0.2) is 17.4 Å². The molecule has 0 aliphatic heterocycles. The van der Waals surface area contributed by atoms with Crippen LogP contribution in [0.1, 0.15) is 10.4 Å². The van der Waals surface area contributed by atoms with E-state index >= 15 is 0 Å². The van der Waals surface area contributed by atoms with Gasteiger partial charge in [-0.1, -0.05) is 42.2 Å². The monoisotopic (exact) mass is 303 g/mol. The lowest BCUT2D eigenvalue weighted by atomic mass is 10.2. The Bertz CT molecular complexity index is 597. The van der Waals surface area contributed by atoms with Gasteiger partial charge in [0.05, 0.1) is 12.7 Å². The van der Waals surface area contributed by atoms with Crippen LogP contribution in [0, 0.1) is 0 Å². The van der Waals surface area contributed by atoms with Crippen molar-refractivity contribution in [2.75, 3.05) is 12.4 Å². The topological polar surface area (TPSA) is 38.3 Å². The maximum Gasteiger partial charge on any atom is 0.337 e. The Labute approximate surface area is 127 Å². The maximum atomic E-state index is 11.3. The normalized spacial score (nSPS) is 9.85. The number of thiocarbonyl (C=S) groups is 1. The number of hydrogen-bond donors (Lipinski definition) is 1. The minimum atomic E-state index is -0.341. The lowest BCUT2D eigenvalue weighted by Gasteiger charge is -2.07. The van der Waals surface area contributed by atoms with Crippen molar-refractivity contribution in [2.45, 2.75) is 4.90 Å². The van der Waals surface area contributed by atoms with E-state index in [1.165, 1.54) is 18.9 Å². The van der Waals surface area contributed by atoms with Gasteiger partial charge in [0, 0.05) is 10.6 Å². The predicted octanol–water partition coefficient (Wildman–Crippen LogP) is 3.96. The fraction of sp³-hybridized carbons (Fsp3) is 0.0667. The van der Waals surface area contributed by atoms with Crippen LogP contribution in [0.5, 0.6) is 0 Å². The highest BCUT2D eigenvalue weighted by Gasteiger charge is 2.06. The second-order valence-corrected chi connectivity index (χ2v) is 5.65. The Kier molecular flexibility index (Phi) is 5.15. The first-order valence-corrected chi connectivity index (χ1v) is 7.14. The van der Waals surface area contributed by atoms with Crippen molar-refractivity contribution in [3.63, 3.8) is 0 Å². The van der Waals surface area contributed by atoms with Crippen molar-refractivity contribution in [1.29, 1.82) is 0 Å². The van der Waals surface area contributed by atoms with E-state index in [0.29, 0.717) is 9.88 Å². The van der Waals surface area contributed by atoms with E-state index in [4.69, 9.17) is 12.2 Å². The summed E-state index contributed by atoms with van der Waals surface area (Å²) in [7, 11) is 1.36. The van der Waals surface area contributed by atoms with Gasteiger partial charge in [-0.25, -0.2) is 4.79 Å². The molecule has 0 bridgehead atoms. The van der Waals surface area contributed by atoms with Gasteiger partial charge in [-0.05, 0) is 36.4 Å². The third kappa shape index (κ3) is 4.08.